The van der Waals surface area contributed by atoms with Gasteiger partial charge in [0.2, 0.25) is 5.91 Å². The molecule has 9 nitrogen and oxygen atoms in total. The number of rotatable bonds is 13. The molecule has 0 heterocycles. The molecule has 0 aliphatic rings. The van der Waals surface area contributed by atoms with Gasteiger partial charge in [0.05, 0.1) is 22.9 Å². The Morgan fingerprint density at radius 1 is 0.800 bits per heavy atom. The number of carboxylic acid groups (broad SMARTS) is 1. The van der Waals surface area contributed by atoms with Crippen LogP contribution in [0.25, 0.3) is 6.08 Å². The lowest BCUT2D eigenvalue weighted by Gasteiger charge is -2.18. The van der Waals surface area contributed by atoms with Crippen LogP contribution in [0.15, 0.2) is 138 Å². The number of carbonyl (C=O) groups excluding carboxylic acids is 3. The average molecular weight is 706 g/mol. The fourth-order valence-electron chi connectivity index (χ4n) is 4.74. The number of carboxylic acids is 1. The SMILES string of the molecule is CCOc1ccc(/C=C(\NC(=O)c2ccccc2)C(=O)Nc2ccc(SC(C(=O)Nc3cc(C(=O)O)ccc3Cl)c3ccccc3)cc2)cc1. The molecule has 0 fully saturated rings. The molecule has 0 saturated heterocycles. The maximum atomic E-state index is 13.6. The number of amides is 3. The molecule has 0 aliphatic heterocycles. The van der Waals surface area contributed by atoms with E-state index in [1.807, 2.05) is 37.3 Å². The van der Waals surface area contributed by atoms with Gasteiger partial charge in [0.15, 0.2) is 0 Å². The maximum Gasteiger partial charge on any atom is 0.335 e. The molecule has 0 bridgehead atoms. The molecule has 252 valence electrons. The first-order valence-electron chi connectivity index (χ1n) is 15.5. The highest BCUT2D eigenvalue weighted by molar-refractivity contribution is 8.00. The third-order valence-electron chi connectivity index (χ3n) is 7.21. The summed E-state index contributed by atoms with van der Waals surface area (Å²) in [5, 5.41) is 17.2. The Bertz CT molecular complexity index is 2000. The second kappa shape index (κ2) is 17.0. The first-order valence-corrected chi connectivity index (χ1v) is 16.7. The van der Waals surface area contributed by atoms with Crippen molar-refractivity contribution in [2.24, 2.45) is 0 Å². The smallest absolute Gasteiger partial charge is 0.335 e. The molecule has 5 rings (SSSR count). The molecule has 4 N–H and O–H groups in total. The number of anilines is 2. The van der Waals surface area contributed by atoms with E-state index in [-0.39, 0.29) is 22.0 Å². The number of benzene rings is 5. The third-order valence-corrected chi connectivity index (χ3v) is 8.80. The predicted molar refractivity (Wildman–Crippen MR) is 197 cm³/mol. The number of aromatic carboxylic acids is 1. The van der Waals surface area contributed by atoms with E-state index in [1.165, 1.54) is 30.0 Å². The predicted octanol–water partition coefficient (Wildman–Crippen LogP) is 8.32. The Labute approximate surface area is 298 Å². The number of hydrogen-bond donors (Lipinski definition) is 4. The van der Waals surface area contributed by atoms with E-state index in [0.717, 1.165) is 10.5 Å². The second-order valence-corrected chi connectivity index (χ2v) is 12.3. The molecular formula is C39H32ClN3O6S. The van der Waals surface area contributed by atoms with E-state index >= 15 is 0 Å². The van der Waals surface area contributed by atoms with Gasteiger partial charge in [-0.2, -0.15) is 0 Å². The van der Waals surface area contributed by atoms with Crippen molar-refractivity contribution in [1.29, 1.82) is 0 Å². The zero-order valence-corrected chi connectivity index (χ0v) is 28.3. The maximum absolute atomic E-state index is 13.6. The molecule has 1 unspecified atom stereocenters. The molecule has 5 aromatic carbocycles. The van der Waals surface area contributed by atoms with E-state index in [1.54, 1.807) is 84.9 Å². The monoisotopic (exact) mass is 705 g/mol. The van der Waals surface area contributed by atoms with E-state index in [2.05, 4.69) is 16.0 Å². The molecule has 3 amide bonds. The lowest BCUT2D eigenvalue weighted by Crippen LogP contribution is -2.30. The first-order chi connectivity index (χ1) is 24.2. The van der Waals surface area contributed by atoms with Gasteiger partial charge in [-0.05, 0) is 90.9 Å². The quantitative estimate of drug-likeness (QED) is 0.0715. The summed E-state index contributed by atoms with van der Waals surface area (Å²) in [6.07, 6.45) is 1.58. The van der Waals surface area contributed by atoms with Crippen molar-refractivity contribution in [3.05, 3.63) is 160 Å². The van der Waals surface area contributed by atoms with Crippen LogP contribution in [0, 0.1) is 0 Å². The summed E-state index contributed by atoms with van der Waals surface area (Å²) >= 11 is 7.55. The van der Waals surface area contributed by atoms with Crippen LogP contribution < -0.4 is 20.7 Å². The van der Waals surface area contributed by atoms with Gasteiger partial charge >= 0.3 is 5.97 Å². The van der Waals surface area contributed by atoms with Gasteiger partial charge < -0.3 is 25.8 Å². The standard InChI is InChI=1S/C39H32ClN3O6S/c1-2-49-30-18-13-25(14-19-30)23-34(43-36(44)27-11-7-4-8-12-27)37(45)41-29-16-20-31(21-17-29)50-35(26-9-5-3-6-10-26)38(46)42-33-24-28(39(47)48)15-22-32(33)40/h3-24,35H,2H2,1H3,(H,41,45)(H,42,46)(H,43,44)(H,47,48)/b34-23-. The summed E-state index contributed by atoms with van der Waals surface area (Å²) in [4.78, 5) is 52.3. The van der Waals surface area contributed by atoms with Gasteiger partial charge in [0.1, 0.15) is 16.7 Å². The minimum absolute atomic E-state index is 0.0108. The Morgan fingerprint density at radius 2 is 1.46 bits per heavy atom. The van der Waals surface area contributed by atoms with E-state index in [9.17, 15) is 24.3 Å². The first kappa shape index (κ1) is 35.5. The van der Waals surface area contributed by atoms with Crippen molar-refractivity contribution in [2.45, 2.75) is 17.1 Å². The molecule has 0 radical (unpaired) electrons. The van der Waals surface area contributed by atoms with Crippen LogP contribution in [0.1, 0.15) is 44.0 Å². The molecule has 50 heavy (non-hydrogen) atoms. The second-order valence-electron chi connectivity index (χ2n) is 10.8. The summed E-state index contributed by atoms with van der Waals surface area (Å²) in [5.74, 6) is -1.83. The topological polar surface area (TPSA) is 134 Å². The van der Waals surface area contributed by atoms with Crippen molar-refractivity contribution in [3.63, 3.8) is 0 Å². The number of carbonyl (C=O) groups is 4. The van der Waals surface area contributed by atoms with E-state index < -0.39 is 28.9 Å². The average Bonchev–Trinajstić information content (AvgIpc) is 3.13. The Morgan fingerprint density at radius 3 is 2.10 bits per heavy atom. The number of hydrogen-bond acceptors (Lipinski definition) is 6. The van der Waals surface area contributed by atoms with Crippen molar-refractivity contribution in [3.8, 4) is 5.75 Å². The summed E-state index contributed by atoms with van der Waals surface area (Å²) in [6.45, 7) is 2.41. The molecule has 0 aliphatic carbocycles. The molecule has 0 spiro atoms. The van der Waals surface area contributed by atoms with Crippen LogP contribution in [0.5, 0.6) is 5.75 Å². The van der Waals surface area contributed by atoms with Gasteiger partial charge in [-0.3, -0.25) is 14.4 Å². The number of thioether (sulfide) groups is 1. The number of halogens is 1. The van der Waals surface area contributed by atoms with Crippen LogP contribution in [-0.2, 0) is 9.59 Å². The molecule has 1 atom stereocenters. The lowest BCUT2D eigenvalue weighted by atomic mass is 10.1. The largest absolute Gasteiger partial charge is 0.494 e. The summed E-state index contributed by atoms with van der Waals surface area (Å²) in [5.41, 5.74) is 2.47. The van der Waals surface area contributed by atoms with Crippen molar-refractivity contribution < 1.29 is 29.0 Å². The highest BCUT2D eigenvalue weighted by Crippen LogP contribution is 2.37. The van der Waals surface area contributed by atoms with Crippen molar-refractivity contribution in [2.75, 3.05) is 17.2 Å². The Kier molecular flexibility index (Phi) is 12.1. The molecular weight excluding hydrogens is 674 g/mol. The molecule has 0 saturated carbocycles. The van der Waals surface area contributed by atoms with Crippen LogP contribution in [0.4, 0.5) is 11.4 Å². The Balaban J connectivity index is 1.34. The molecule has 0 aromatic heterocycles. The number of nitrogens with one attached hydrogen (secondary N) is 3. The summed E-state index contributed by atoms with van der Waals surface area (Å²) in [6, 6.07) is 35.9. The highest BCUT2D eigenvalue weighted by Gasteiger charge is 2.24. The third kappa shape index (κ3) is 9.62. The highest BCUT2D eigenvalue weighted by atomic mass is 35.5. The zero-order valence-electron chi connectivity index (χ0n) is 26.8. The summed E-state index contributed by atoms with van der Waals surface area (Å²) < 4.78 is 5.51. The van der Waals surface area contributed by atoms with Crippen molar-refractivity contribution >= 4 is 64.5 Å². The van der Waals surface area contributed by atoms with E-state index in [0.29, 0.717) is 29.2 Å². The minimum atomic E-state index is -1.14. The van der Waals surface area contributed by atoms with Crippen molar-refractivity contribution in [1.82, 2.24) is 5.32 Å². The van der Waals surface area contributed by atoms with Crippen LogP contribution in [-0.4, -0.2) is 35.4 Å². The minimum Gasteiger partial charge on any atom is -0.494 e. The zero-order chi connectivity index (χ0) is 35.5. The Hall–Kier alpha value is -5.84. The van der Waals surface area contributed by atoms with Gasteiger partial charge in [0.25, 0.3) is 11.8 Å². The van der Waals surface area contributed by atoms with Gasteiger partial charge in [-0.15, -0.1) is 11.8 Å². The lowest BCUT2D eigenvalue weighted by molar-refractivity contribution is -0.116. The molecule has 5 aromatic rings. The fourth-order valence-corrected chi connectivity index (χ4v) is 5.93. The summed E-state index contributed by atoms with van der Waals surface area (Å²) in [7, 11) is 0. The van der Waals surface area contributed by atoms with Crippen LogP contribution in [0.2, 0.25) is 5.02 Å². The number of ether oxygens (including phenoxy) is 1. The van der Waals surface area contributed by atoms with Gasteiger partial charge in [-0.25, -0.2) is 4.79 Å². The van der Waals surface area contributed by atoms with E-state index in [4.69, 9.17) is 16.3 Å². The van der Waals surface area contributed by atoms with Gasteiger partial charge in [0, 0.05) is 16.1 Å². The molecule has 11 heteroatoms. The van der Waals surface area contributed by atoms with Crippen LogP contribution in [0.3, 0.4) is 0 Å². The fraction of sp³-hybridized carbons (Fsp3) is 0.0769. The van der Waals surface area contributed by atoms with Crippen LogP contribution >= 0.6 is 23.4 Å². The van der Waals surface area contributed by atoms with Gasteiger partial charge in [-0.1, -0.05) is 72.3 Å². The normalized spacial score (nSPS) is 11.6.